The number of benzene rings is 6. The molecule has 0 spiro atoms. The molecule has 0 saturated carbocycles. The monoisotopic (exact) mass is 1980 g/mol. The zero-order valence-corrected chi connectivity index (χ0v) is 76.8. The number of rotatable bonds is 10. The number of aryl methyl sites for hydroxylation is 6. The van der Waals surface area contributed by atoms with Crippen molar-refractivity contribution in [2.24, 2.45) is 16.2 Å². The van der Waals surface area contributed by atoms with Crippen molar-refractivity contribution in [3.63, 3.8) is 0 Å². The quantitative estimate of drug-likeness (QED) is 0.0212. The van der Waals surface area contributed by atoms with Gasteiger partial charge in [0.2, 0.25) is 5.78 Å². The summed E-state index contributed by atoms with van der Waals surface area (Å²) in [5.74, 6) is 2.49. The molecular weight excluding hydrogens is 1900 g/mol. The Balaban J connectivity index is -0.000000361. The Morgan fingerprint density at radius 3 is 1.25 bits per heavy atom. The van der Waals surface area contributed by atoms with E-state index in [-0.39, 0.29) is 99.8 Å². The fraction of sp³-hybridized carbons (Fsp3) is 0.347. The van der Waals surface area contributed by atoms with Crippen LogP contribution in [-0.2, 0) is 54.2 Å². The normalized spacial score (nSPS) is 14.1. The Kier molecular flexibility index (Phi) is 55.4. The molecule has 570 valence electrons. The Morgan fingerprint density at radius 1 is 0.606 bits per heavy atom. The van der Waals surface area contributed by atoms with Crippen molar-refractivity contribution in [1.82, 2.24) is 10.5 Å². The van der Waals surface area contributed by atoms with Crippen molar-refractivity contribution in [3.05, 3.63) is 227 Å². The first kappa shape index (κ1) is 109. The molecule has 6 aromatic rings. The van der Waals surface area contributed by atoms with Crippen molar-refractivity contribution in [3.8, 4) is 0 Å². The van der Waals surface area contributed by atoms with Crippen LogP contribution < -0.4 is 28.4 Å². The van der Waals surface area contributed by atoms with E-state index in [0.717, 1.165) is 88.1 Å². The number of nitrogens with one attached hydrogen (secondary N) is 1. The molecule has 1 amide bonds. The predicted molar refractivity (Wildman–Crippen MR) is 424 cm³/mol. The first-order valence-electron chi connectivity index (χ1n) is 29.9. The second kappa shape index (κ2) is 53.0. The number of carboxylic acids is 1. The number of Topliss-reactive ketones (excluding diaryl/α,β-unsaturated/α-hetero) is 2. The summed E-state index contributed by atoms with van der Waals surface area (Å²) in [4.78, 5) is 77.0. The van der Waals surface area contributed by atoms with Gasteiger partial charge in [-0.05, 0) is 185 Å². The number of allylic oxidation sites excluding steroid dienone is 3. The van der Waals surface area contributed by atoms with Crippen LogP contribution >= 0.6 is 120 Å². The van der Waals surface area contributed by atoms with Crippen LogP contribution in [0.3, 0.4) is 0 Å². The minimum absolute atomic E-state index is 0. The van der Waals surface area contributed by atoms with Crippen LogP contribution in [0.5, 0.6) is 0 Å². The van der Waals surface area contributed by atoms with E-state index < -0.39 is 37.2 Å². The standard InChI is InChI=1S/C12H14BrNO2.C12H12BrNO2.C12H13BrO2.C12H13BrO.C10H12BrNO2.C8H7BrO2.C4H7.C2H7NO.BrH.2ClH.Cr.Mg.H3NO.3O/c2*1-7-4-5-8(6-9(7)13)10-11(15)12(2,3)16-14-10;1-7-4-5-8(6-9(7)13)10(14)11-12(2,3)15-11;1-8(2)6-12(14)10-5-4-9(3)11(13)7-10;1-7-4-5-8(6-9(7)11)10(13)12(2)14-3;1-5-2-3-6(8(10)11)4-7(5)9;1-4(2)3;1-3-4-2;;;;;;1-2;;;/h4-6,11,15H,1-3H3;4-6H,1-3H3;4-6,11H,1-3H3;4-7H,1-3H3;4-6H,1-3H3;2-4H,1H3,(H,10,11);1H,2-3H3;3H,1-2H3;3*1H;;;2H,1H2;;;/q;;;;;;-1;;;;;;+2;;;;/p-1. The van der Waals surface area contributed by atoms with Gasteiger partial charge in [0.1, 0.15) is 17.9 Å². The number of carboxylic acid groups (broad SMARTS) is 1. The van der Waals surface area contributed by atoms with Crippen molar-refractivity contribution in [2.45, 2.75) is 140 Å². The number of epoxide rings is 1. The van der Waals surface area contributed by atoms with E-state index in [1.165, 1.54) is 12.2 Å². The van der Waals surface area contributed by atoms with Gasteiger partial charge >= 0.3 is 54.4 Å². The van der Waals surface area contributed by atoms with Crippen molar-refractivity contribution in [2.75, 3.05) is 28.3 Å². The van der Waals surface area contributed by atoms with Gasteiger partial charge in [-0.1, -0.05) is 186 Å². The number of oxime groups is 2. The van der Waals surface area contributed by atoms with Gasteiger partial charge in [0.25, 0.3) is 5.91 Å². The second-order valence-corrected chi connectivity index (χ2v) is 29.5. The van der Waals surface area contributed by atoms with Crippen molar-refractivity contribution in [1.29, 1.82) is 0 Å². The van der Waals surface area contributed by atoms with Gasteiger partial charge in [0, 0.05) is 68.7 Å². The molecule has 32 heteroatoms. The summed E-state index contributed by atoms with van der Waals surface area (Å²) in [7, 11) is 6.32. The predicted octanol–water partition coefficient (Wildman–Crippen LogP) is 14.9. The number of ether oxygens (including phenoxy) is 1. The molecule has 1 fully saturated rings. The number of hydrogen-bond acceptors (Lipinski definition) is 19. The minimum atomic E-state index is -3.79. The summed E-state index contributed by atoms with van der Waals surface area (Å²) >= 11 is 16.6. The van der Waals surface area contributed by atoms with Crippen LogP contribution in [0.2, 0.25) is 0 Å². The number of aliphatic hydroxyl groups is 1. The second-order valence-electron chi connectivity index (χ2n) is 23.8. The zero-order valence-electron chi connectivity index (χ0n) is 61.3. The molecule has 2 atom stereocenters. The van der Waals surface area contributed by atoms with Crippen LogP contribution in [0, 0.1) is 48.1 Å². The number of amides is 1. The number of aliphatic hydroxyl groups excluding tert-OH is 1. The van der Waals surface area contributed by atoms with E-state index in [1.54, 1.807) is 71.5 Å². The van der Waals surface area contributed by atoms with Gasteiger partial charge in [-0.2, -0.15) is 0 Å². The molecule has 6 N–H and O–H groups in total. The molecule has 6 aromatic carbocycles. The third-order valence-corrected chi connectivity index (χ3v) is 18.6. The summed E-state index contributed by atoms with van der Waals surface area (Å²) in [6, 6.07) is 33.3. The first-order valence-corrected chi connectivity index (χ1v) is 36.2. The van der Waals surface area contributed by atoms with Crippen LogP contribution in [0.15, 0.2) is 164 Å². The zero-order chi connectivity index (χ0) is 77.5. The Morgan fingerprint density at radius 2 is 0.933 bits per heavy atom. The summed E-state index contributed by atoms with van der Waals surface area (Å²) in [5.41, 5.74) is 14.3. The number of aromatic carboxylic acids is 1. The average Bonchev–Trinajstić information content (AvgIpc) is 1.61. The molecule has 9 rings (SSSR count). The SMILES string of the molecule is CC(C)=CC(=O)c1ccc(C)c(Br)c1.CNOC.CON(C)C(=O)c1ccc(C)c(Br)c1.Cc1ccc(C(=O)C2OC2(C)C)cc1Br.Cc1ccc(C(=O)O)cc1Br.Cc1ccc(C2=NOC(C)(C)C2=O)cc1Br.Cc1ccc(C2=NOC(C)(C)C2O)cc1Br.Cl.Cl.NO.[Br-].[CH-]=C(C)C.[Mg+2].[O]=[Cr](=[O])=[O]. The average molecular weight is 1990 g/mol. The molecule has 0 aliphatic carbocycles. The van der Waals surface area contributed by atoms with E-state index >= 15 is 0 Å². The van der Waals surface area contributed by atoms with E-state index in [9.17, 15) is 29.1 Å². The van der Waals surface area contributed by atoms with E-state index in [4.69, 9.17) is 47.6 Å². The Hall–Kier alpha value is -3.95. The molecule has 0 aromatic heterocycles. The third kappa shape index (κ3) is 38.9. The number of nitrogens with zero attached hydrogens (tertiary/aromatic N) is 3. The first-order chi connectivity index (χ1) is 46.3. The molecule has 2 unspecified atom stereocenters. The molecule has 1 saturated heterocycles. The molecule has 3 aliphatic rings. The number of carbonyl (C=O) groups is 5. The van der Waals surface area contributed by atoms with Gasteiger partial charge < -0.3 is 58.2 Å². The van der Waals surface area contributed by atoms with Gasteiger partial charge in [-0.25, -0.2) is 21.2 Å². The third-order valence-electron chi connectivity index (χ3n) is 13.5. The number of nitrogens with two attached hydrogens (primary N) is 1. The molecule has 3 heterocycles. The summed E-state index contributed by atoms with van der Waals surface area (Å²) in [5, 5.41) is 34.1. The Bertz CT molecular complexity index is 4040. The summed E-state index contributed by atoms with van der Waals surface area (Å²) in [6.07, 6.45) is 0.686. The van der Waals surface area contributed by atoms with Gasteiger partial charge in [-0.15, -0.1) is 24.8 Å². The van der Waals surface area contributed by atoms with E-state index in [2.05, 4.69) is 122 Å². The fourth-order valence-corrected chi connectivity index (χ4v) is 9.63. The molecule has 104 heavy (non-hydrogen) atoms. The number of carbonyl (C=O) groups excluding carboxylic acids is 4. The van der Waals surface area contributed by atoms with Crippen LogP contribution in [0.25, 0.3) is 0 Å². The van der Waals surface area contributed by atoms with E-state index in [0.29, 0.717) is 28.1 Å². The molecule has 3 aliphatic heterocycles. The topological polar surface area (TPSA) is 313 Å². The van der Waals surface area contributed by atoms with Crippen LogP contribution in [0.1, 0.15) is 155 Å². The molecule has 0 bridgehead atoms. The van der Waals surface area contributed by atoms with Crippen molar-refractivity contribution < 1.29 is 106 Å². The van der Waals surface area contributed by atoms with E-state index in [1.807, 2.05) is 176 Å². The van der Waals surface area contributed by atoms with Gasteiger partial charge in [-0.3, -0.25) is 29.6 Å². The molecule has 0 radical (unpaired) electrons. The van der Waals surface area contributed by atoms with Gasteiger partial charge in [0.05, 0.1) is 25.4 Å². The van der Waals surface area contributed by atoms with Crippen LogP contribution in [0.4, 0.5) is 0 Å². The fourth-order valence-electron chi connectivity index (χ4n) is 7.36. The maximum atomic E-state index is 12.0. The summed E-state index contributed by atoms with van der Waals surface area (Å²) < 4.78 is 36.6. The van der Waals surface area contributed by atoms with Crippen LogP contribution in [-0.4, -0.2) is 142 Å². The molecule has 21 nitrogen and oxygen atoms in total. The number of ketones is 3. The molecular formula is C72H90Br7Cl2CrMgN5O16. The number of hydrogen-bond donors (Lipinski definition) is 5. The summed E-state index contributed by atoms with van der Waals surface area (Å²) in [6.45, 7) is 35.4. The Labute approximate surface area is 704 Å². The number of halogens is 9. The number of hydroxylamine groups is 3. The van der Waals surface area contributed by atoms with Crippen molar-refractivity contribution >= 4 is 184 Å². The maximum absolute atomic E-state index is 12.0. The van der Waals surface area contributed by atoms with Gasteiger partial charge in [0.15, 0.2) is 28.5 Å².